The molecule has 0 atom stereocenters. The summed E-state index contributed by atoms with van der Waals surface area (Å²) in [4.78, 5) is 31.9. The molecule has 0 aliphatic carbocycles. The van der Waals surface area contributed by atoms with Gasteiger partial charge in [0.2, 0.25) is 5.91 Å². The van der Waals surface area contributed by atoms with E-state index in [1.54, 1.807) is 11.8 Å². The number of hydrogen-bond acceptors (Lipinski definition) is 4. The highest BCUT2D eigenvalue weighted by Gasteiger charge is 2.30. The lowest BCUT2D eigenvalue weighted by molar-refractivity contribution is -0.130. The van der Waals surface area contributed by atoms with Crippen LogP contribution in [0.4, 0.5) is 4.79 Å². The van der Waals surface area contributed by atoms with E-state index < -0.39 is 5.60 Å². The summed E-state index contributed by atoms with van der Waals surface area (Å²) in [6.45, 7) is 10.8. The van der Waals surface area contributed by atoms with Crippen LogP contribution in [0.25, 0.3) is 0 Å². The second-order valence-electron chi connectivity index (χ2n) is 7.93. The number of likely N-dealkylation sites (tertiary alicyclic amines) is 1. The van der Waals surface area contributed by atoms with Gasteiger partial charge in [0.05, 0.1) is 6.54 Å². The minimum atomic E-state index is -0.457. The normalized spacial score (nSPS) is 18.9. The van der Waals surface area contributed by atoms with Gasteiger partial charge in [-0.1, -0.05) is 0 Å². The molecule has 25 heavy (non-hydrogen) atoms. The van der Waals surface area contributed by atoms with E-state index in [0.717, 1.165) is 31.8 Å². The average molecular weight is 348 g/mol. The Hall–Kier alpha value is -2.05. The molecule has 0 radical (unpaired) electrons. The van der Waals surface area contributed by atoms with E-state index in [1.165, 1.54) is 5.69 Å². The lowest BCUT2D eigenvalue weighted by atomic mass is 9.94. The van der Waals surface area contributed by atoms with Gasteiger partial charge < -0.3 is 19.1 Å². The first-order valence-corrected chi connectivity index (χ1v) is 9.02. The van der Waals surface area contributed by atoms with Crippen molar-refractivity contribution in [2.45, 2.75) is 65.1 Å². The largest absolute Gasteiger partial charge is 0.444 e. The number of nitrogens with zero attached hydrogens (tertiary/aromatic N) is 4. The standard InChI is InChI=1S/C18H28N4O3/c1-13(23)21-9-10-22-15(11-19-16(22)12-21)14-5-7-20(8-6-14)17(24)25-18(2,3)4/h11,14H,5-10,12H2,1-4H3. The van der Waals surface area contributed by atoms with Crippen LogP contribution < -0.4 is 0 Å². The maximum atomic E-state index is 12.2. The lowest BCUT2D eigenvalue weighted by Gasteiger charge is -2.34. The SMILES string of the molecule is CC(=O)N1CCn2c(C3CCN(C(=O)OC(C)(C)C)CC3)cnc2C1. The van der Waals surface area contributed by atoms with Crippen molar-refractivity contribution < 1.29 is 14.3 Å². The highest BCUT2D eigenvalue weighted by molar-refractivity contribution is 5.73. The number of hydrogen-bond donors (Lipinski definition) is 0. The van der Waals surface area contributed by atoms with Crippen LogP contribution in [0.15, 0.2) is 6.20 Å². The van der Waals surface area contributed by atoms with Gasteiger partial charge in [-0.2, -0.15) is 0 Å². The van der Waals surface area contributed by atoms with Gasteiger partial charge in [0.1, 0.15) is 11.4 Å². The van der Waals surface area contributed by atoms with Crippen LogP contribution in [0.1, 0.15) is 58.0 Å². The Labute approximate surface area is 148 Å². The Bertz CT molecular complexity index is 654. The van der Waals surface area contributed by atoms with Crippen molar-refractivity contribution in [2.75, 3.05) is 19.6 Å². The summed E-state index contributed by atoms with van der Waals surface area (Å²) in [6.07, 6.45) is 3.56. The average Bonchev–Trinajstić information content (AvgIpc) is 2.96. The van der Waals surface area contributed by atoms with Gasteiger partial charge in [0.15, 0.2) is 0 Å². The first-order valence-electron chi connectivity index (χ1n) is 9.02. The van der Waals surface area contributed by atoms with Gasteiger partial charge in [-0.25, -0.2) is 9.78 Å². The van der Waals surface area contributed by atoms with Gasteiger partial charge >= 0.3 is 6.09 Å². The third-order valence-corrected chi connectivity index (χ3v) is 4.91. The van der Waals surface area contributed by atoms with E-state index in [4.69, 9.17) is 4.74 Å². The molecule has 0 spiro atoms. The number of carbonyl (C=O) groups is 2. The van der Waals surface area contributed by atoms with Gasteiger partial charge in [-0.15, -0.1) is 0 Å². The van der Waals surface area contributed by atoms with Crippen LogP contribution in [-0.4, -0.2) is 56.6 Å². The van der Waals surface area contributed by atoms with Crippen molar-refractivity contribution in [1.82, 2.24) is 19.4 Å². The van der Waals surface area contributed by atoms with Gasteiger partial charge in [-0.05, 0) is 33.6 Å². The highest BCUT2D eigenvalue weighted by Crippen LogP contribution is 2.30. The van der Waals surface area contributed by atoms with Crippen LogP contribution in [0.3, 0.4) is 0 Å². The second kappa shape index (κ2) is 6.69. The fourth-order valence-corrected chi connectivity index (χ4v) is 3.56. The molecule has 0 saturated carbocycles. The van der Waals surface area contributed by atoms with Crippen LogP contribution >= 0.6 is 0 Å². The molecule has 2 aliphatic rings. The Morgan fingerprint density at radius 1 is 1.12 bits per heavy atom. The van der Waals surface area contributed by atoms with E-state index in [-0.39, 0.29) is 12.0 Å². The zero-order valence-corrected chi connectivity index (χ0v) is 15.6. The van der Waals surface area contributed by atoms with Crippen LogP contribution in [0.2, 0.25) is 0 Å². The maximum absolute atomic E-state index is 12.2. The van der Waals surface area contributed by atoms with Crippen molar-refractivity contribution in [3.8, 4) is 0 Å². The first-order chi connectivity index (χ1) is 11.7. The van der Waals surface area contributed by atoms with Crippen molar-refractivity contribution in [1.29, 1.82) is 0 Å². The fraction of sp³-hybridized carbons (Fsp3) is 0.722. The summed E-state index contributed by atoms with van der Waals surface area (Å²) in [5, 5.41) is 0. The number of piperidine rings is 1. The number of amides is 2. The molecule has 0 aromatic carbocycles. The van der Waals surface area contributed by atoms with Crippen molar-refractivity contribution in [3.05, 3.63) is 17.7 Å². The number of imidazole rings is 1. The maximum Gasteiger partial charge on any atom is 0.410 e. The van der Waals surface area contributed by atoms with Gasteiger partial charge in [-0.3, -0.25) is 4.79 Å². The Kier molecular flexibility index (Phi) is 4.75. The highest BCUT2D eigenvalue weighted by atomic mass is 16.6. The van der Waals surface area contributed by atoms with Gasteiger partial charge in [0, 0.05) is 50.9 Å². The molecule has 2 aliphatic heterocycles. The summed E-state index contributed by atoms with van der Waals surface area (Å²) < 4.78 is 7.72. The topological polar surface area (TPSA) is 67.7 Å². The number of fused-ring (bicyclic) bond motifs is 1. The molecule has 7 heteroatoms. The van der Waals surface area contributed by atoms with Crippen molar-refractivity contribution in [2.24, 2.45) is 0 Å². The molecule has 3 heterocycles. The third-order valence-electron chi connectivity index (χ3n) is 4.91. The lowest BCUT2D eigenvalue weighted by Crippen LogP contribution is -2.42. The minimum Gasteiger partial charge on any atom is -0.444 e. The predicted molar refractivity (Wildman–Crippen MR) is 93.1 cm³/mol. The number of rotatable bonds is 1. The summed E-state index contributed by atoms with van der Waals surface area (Å²) >= 11 is 0. The van der Waals surface area contributed by atoms with E-state index in [1.807, 2.05) is 31.9 Å². The van der Waals surface area contributed by atoms with Crippen molar-refractivity contribution >= 4 is 12.0 Å². The van der Waals surface area contributed by atoms with E-state index in [9.17, 15) is 9.59 Å². The molecule has 1 fully saturated rings. The Balaban J connectivity index is 1.61. The minimum absolute atomic E-state index is 0.0986. The number of aromatic nitrogens is 2. The predicted octanol–water partition coefficient (Wildman–Crippen LogP) is 2.36. The molecular formula is C18H28N4O3. The molecule has 0 unspecified atom stereocenters. The molecule has 1 aromatic rings. The second-order valence-corrected chi connectivity index (χ2v) is 7.93. The monoisotopic (exact) mass is 348 g/mol. The Morgan fingerprint density at radius 2 is 1.80 bits per heavy atom. The van der Waals surface area contributed by atoms with Gasteiger partial charge in [0.25, 0.3) is 0 Å². The molecule has 3 rings (SSSR count). The zero-order valence-electron chi connectivity index (χ0n) is 15.6. The van der Waals surface area contributed by atoms with Crippen LogP contribution in [0.5, 0.6) is 0 Å². The van der Waals surface area contributed by atoms with E-state index >= 15 is 0 Å². The smallest absolute Gasteiger partial charge is 0.410 e. The molecule has 138 valence electrons. The fourth-order valence-electron chi connectivity index (χ4n) is 3.56. The van der Waals surface area contributed by atoms with Crippen LogP contribution in [0, 0.1) is 0 Å². The zero-order chi connectivity index (χ0) is 18.2. The van der Waals surface area contributed by atoms with Crippen LogP contribution in [-0.2, 0) is 22.6 Å². The van der Waals surface area contributed by atoms with Crippen molar-refractivity contribution in [3.63, 3.8) is 0 Å². The number of ether oxygens (including phenoxy) is 1. The van der Waals surface area contributed by atoms with E-state index in [0.29, 0.717) is 25.6 Å². The molecule has 2 amide bonds. The number of carbonyl (C=O) groups excluding carboxylic acids is 2. The summed E-state index contributed by atoms with van der Waals surface area (Å²) in [5.74, 6) is 1.47. The first kappa shape index (κ1) is 17.8. The molecule has 1 saturated heterocycles. The molecule has 0 bridgehead atoms. The molecular weight excluding hydrogens is 320 g/mol. The quantitative estimate of drug-likeness (QED) is 0.781. The molecule has 7 nitrogen and oxygen atoms in total. The summed E-state index contributed by atoms with van der Waals surface area (Å²) in [5.41, 5.74) is 0.781. The Morgan fingerprint density at radius 3 is 2.40 bits per heavy atom. The third kappa shape index (κ3) is 3.96. The molecule has 0 N–H and O–H groups in total. The summed E-state index contributed by atoms with van der Waals surface area (Å²) in [6, 6.07) is 0. The molecule has 1 aromatic heterocycles. The van der Waals surface area contributed by atoms with E-state index in [2.05, 4.69) is 9.55 Å². The summed E-state index contributed by atoms with van der Waals surface area (Å²) in [7, 11) is 0.